The zero-order valence-corrected chi connectivity index (χ0v) is 20.7. The Hall–Kier alpha value is -4.08. The number of hydrogen-bond acceptors (Lipinski definition) is 8. The smallest absolute Gasteiger partial charge is 0.231 e. The van der Waals surface area contributed by atoms with Gasteiger partial charge in [0.2, 0.25) is 5.95 Å². The molecule has 0 spiro atoms. The third-order valence-corrected chi connectivity index (χ3v) is 6.57. The van der Waals surface area contributed by atoms with Crippen molar-refractivity contribution in [2.45, 2.75) is 25.5 Å². The van der Waals surface area contributed by atoms with Crippen LogP contribution in [0.4, 0.5) is 17.5 Å². The van der Waals surface area contributed by atoms with E-state index in [9.17, 15) is 0 Å². The average Bonchev–Trinajstić information content (AvgIpc) is 3.38. The lowest BCUT2D eigenvalue weighted by Gasteiger charge is -2.24. The van der Waals surface area contributed by atoms with Crippen LogP contribution in [0, 0.1) is 0 Å². The van der Waals surface area contributed by atoms with Gasteiger partial charge >= 0.3 is 0 Å². The van der Waals surface area contributed by atoms with Crippen LogP contribution in [0.2, 0.25) is 0 Å². The second-order valence-electron chi connectivity index (χ2n) is 9.04. The summed E-state index contributed by atoms with van der Waals surface area (Å²) in [4.78, 5) is 18.8. The van der Waals surface area contributed by atoms with E-state index in [1.807, 2.05) is 47.2 Å². The van der Waals surface area contributed by atoms with Crippen LogP contribution < -0.4 is 10.6 Å². The molecule has 1 aliphatic rings. The van der Waals surface area contributed by atoms with E-state index >= 15 is 0 Å². The van der Waals surface area contributed by atoms with Crippen LogP contribution in [-0.4, -0.2) is 51.4 Å². The van der Waals surface area contributed by atoms with Gasteiger partial charge in [-0.1, -0.05) is 30.3 Å². The van der Waals surface area contributed by atoms with Crippen LogP contribution in [0.5, 0.6) is 0 Å². The van der Waals surface area contributed by atoms with Crippen LogP contribution in [0.25, 0.3) is 33.2 Å². The summed E-state index contributed by atoms with van der Waals surface area (Å²) in [6, 6.07) is 18.5. The number of aromatic nitrogens is 5. The summed E-state index contributed by atoms with van der Waals surface area (Å²) in [5, 5.41) is 7.82. The molecule has 1 saturated heterocycles. The Morgan fingerprint density at radius 1 is 1.05 bits per heavy atom. The fraction of sp³-hybridized carbons (Fsp3) is 0.286. The monoisotopic (exact) mass is 495 g/mol. The standard InChI is InChI=1S/C28H29N7O2/c1-36-16-14-30-26-25-27(35(18-31-25)24-9-5-6-15-37-24)34-28(33-26)32-20-10-11-23-22(17-20)21(12-13-29-23)19-7-3-2-4-8-19/h2-4,7-8,10-13,17-18,24H,5-6,9,14-16H2,1H3,(H2,30,32,33,34). The number of hydrogen-bond donors (Lipinski definition) is 2. The van der Waals surface area contributed by atoms with Crippen LogP contribution in [0.1, 0.15) is 25.5 Å². The van der Waals surface area contributed by atoms with Crippen LogP contribution >= 0.6 is 0 Å². The number of rotatable bonds is 8. The molecule has 4 heterocycles. The molecule has 3 aromatic heterocycles. The van der Waals surface area contributed by atoms with Crippen LogP contribution in [0.15, 0.2) is 67.1 Å². The average molecular weight is 496 g/mol. The van der Waals surface area contributed by atoms with Crippen molar-refractivity contribution in [3.05, 3.63) is 67.1 Å². The van der Waals surface area contributed by atoms with Crippen molar-refractivity contribution < 1.29 is 9.47 Å². The van der Waals surface area contributed by atoms with E-state index in [-0.39, 0.29) is 6.23 Å². The summed E-state index contributed by atoms with van der Waals surface area (Å²) in [6.45, 7) is 1.91. The molecule has 0 bridgehead atoms. The number of imidazole rings is 1. The van der Waals surface area contributed by atoms with E-state index in [0.717, 1.165) is 59.2 Å². The molecule has 9 heteroatoms. The molecule has 1 atom stereocenters. The third kappa shape index (κ3) is 4.83. The Morgan fingerprint density at radius 2 is 1.97 bits per heavy atom. The Bertz CT molecular complexity index is 1510. The molecule has 37 heavy (non-hydrogen) atoms. The van der Waals surface area contributed by atoms with Crippen LogP contribution in [-0.2, 0) is 9.47 Å². The van der Waals surface area contributed by atoms with E-state index in [2.05, 4.69) is 38.8 Å². The molecular formula is C28H29N7O2. The topological polar surface area (TPSA) is 99.0 Å². The second kappa shape index (κ2) is 10.5. The quantitative estimate of drug-likeness (QED) is 0.271. The molecule has 1 aliphatic heterocycles. The summed E-state index contributed by atoms with van der Waals surface area (Å²) >= 11 is 0. The summed E-state index contributed by atoms with van der Waals surface area (Å²) in [7, 11) is 1.68. The Kier molecular flexibility index (Phi) is 6.62. The van der Waals surface area contributed by atoms with Gasteiger partial charge in [0.15, 0.2) is 17.0 Å². The number of nitrogens with one attached hydrogen (secondary N) is 2. The molecular weight excluding hydrogens is 466 g/mol. The minimum absolute atomic E-state index is 0.0755. The lowest BCUT2D eigenvalue weighted by Crippen LogP contribution is -2.18. The minimum Gasteiger partial charge on any atom is -0.383 e. The fourth-order valence-electron chi connectivity index (χ4n) is 4.74. The largest absolute Gasteiger partial charge is 0.383 e. The van der Waals surface area contributed by atoms with E-state index in [1.54, 1.807) is 13.4 Å². The van der Waals surface area contributed by atoms with Gasteiger partial charge < -0.3 is 20.1 Å². The van der Waals surface area contributed by atoms with Gasteiger partial charge in [-0.2, -0.15) is 9.97 Å². The van der Waals surface area contributed by atoms with Crippen molar-refractivity contribution in [3.63, 3.8) is 0 Å². The predicted octanol–water partition coefficient (Wildman–Crippen LogP) is 5.54. The molecule has 0 aliphatic carbocycles. The molecule has 0 saturated carbocycles. The van der Waals surface area contributed by atoms with Gasteiger partial charge in [0.25, 0.3) is 0 Å². The van der Waals surface area contributed by atoms with Crippen LogP contribution in [0.3, 0.4) is 0 Å². The van der Waals surface area contributed by atoms with E-state index in [0.29, 0.717) is 30.4 Å². The van der Waals surface area contributed by atoms with Gasteiger partial charge in [-0.05, 0) is 54.7 Å². The van der Waals surface area contributed by atoms with Gasteiger partial charge in [-0.15, -0.1) is 0 Å². The van der Waals surface area contributed by atoms with Gasteiger partial charge in [-0.3, -0.25) is 9.55 Å². The summed E-state index contributed by atoms with van der Waals surface area (Å²) in [6.07, 6.45) is 6.71. The first-order valence-electron chi connectivity index (χ1n) is 12.6. The molecule has 6 rings (SSSR count). The summed E-state index contributed by atoms with van der Waals surface area (Å²) in [5.74, 6) is 1.14. The number of methoxy groups -OCH3 is 1. The first-order valence-corrected chi connectivity index (χ1v) is 12.6. The van der Waals surface area contributed by atoms with Gasteiger partial charge in [-0.25, -0.2) is 4.98 Å². The molecule has 2 aromatic carbocycles. The van der Waals surface area contributed by atoms with E-state index < -0.39 is 0 Å². The maximum absolute atomic E-state index is 6.03. The number of pyridine rings is 1. The molecule has 5 aromatic rings. The second-order valence-corrected chi connectivity index (χ2v) is 9.04. The first-order chi connectivity index (χ1) is 18.3. The predicted molar refractivity (Wildman–Crippen MR) is 145 cm³/mol. The maximum Gasteiger partial charge on any atom is 0.231 e. The highest BCUT2D eigenvalue weighted by molar-refractivity contribution is 5.96. The van der Waals surface area contributed by atoms with Crippen molar-refractivity contribution in [2.24, 2.45) is 0 Å². The molecule has 1 fully saturated rings. The maximum atomic E-state index is 6.03. The molecule has 188 valence electrons. The number of benzene rings is 2. The normalized spacial score (nSPS) is 15.8. The lowest BCUT2D eigenvalue weighted by molar-refractivity contribution is -0.0298. The molecule has 0 amide bonds. The first kappa shape index (κ1) is 23.3. The number of nitrogens with zero attached hydrogens (tertiary/aromatic N) is 5. The van der Waals surface area contributed by atoms with Gasteiger partial charge in [0.05, 0.1) is 18.5 Å². The van der Waals surface area contributed by atoms with Crippen molar-refractivity contribution in [2.75, 3.05) is 37.5 Å². The Labute approximate surface area is 214 Å². The molecule has 9 nitrogen and oxygen atoms in total. The number of ether oxygens (including phenoxy) is 2. The summed E-state index contributed by atoms with van der Waals surface area (Å²) in [5.41, 5.74) is 5.52. The molecule has 2 N–H and O–H groups in total. The number of fused-ring (bicyclic) bond motifs is 2. The van der Waals surface area contributed by atoms with Crippen molar-refractivity contribution >= 4 is 39.5 Å². The molecule has 0 radical (unpaired) electrons. The van der Waals surface area contributed by atoms with Gasteiger partial charge in [0, 0.05) is 37.5 Å². The molecule has 1 unspecified atom stereocenters. The highest BCUT2D eigenvalue weighted by atomic mass is 16.5. The van der Waals surface area contributed by atoms with Crippen molar-refractivity contribution in [3.8, 4) is 11.1 Å². The van der Waals surface area contributed by atoms with Crippen molar-refractivity contribution in [1.82, 2.24) is 24.5 Å². The third-order valence-electron chi connectivity index (χ3n) is 6.57. The fourth-order valence-corrected chi connectivity index (χ4v) is 4.74. The number of anilines is 3. The zero-order valence-electron chi connectivity index (χ0n) is 20.7. The summed E-state index contributed by atoms with van der Waals surface area (Å²) < 4.78 is 13.3. The highest BCUT2D eigenvalue weighted by Crippen LogP contribution is 2.32. The minimum atomic E-state index is -0.0755. The van der Waals surface area contributed by atoms with Gasteiger partial charge in [0.1, 0.15) is 6.23 Å². The Balaban J connectivity index is 1.39. The van der Waals surface area contributed by atoms with E-state index in [1.165, 1.54) is 0 Å². The Morgan fingerprint density at radius 3 is 2.81 bits per heavy atom. The zero-order chi connectivity index (χ0) is 25.0. The van der Waals surface area contributed by atoms with E-state index in [4.69, 9.17) is 19.4 Å². The SMILES string of the molecule is COCCNc1nc(Nc2ccc3nccc(-c4ccccc4)c3c2)nc2c1ncn2C1CCCCO1. The lowest BCUT2D eigenvalue weighted by atomic mass is 10.0. The van der Waals surface area contributed by atoms with Crippen molar-refractivity contribution in [1.29, 1.82) is 0 Å². The highest BCUT2D eigenvalue weighted by Gasteiger charge is 2.21.